The zero-order valence-corrected chi connectivity index (χ0v) is 21.8. The van der Waals surface area contributed by atoms with Crippen LogP contribution >= 0.6 is 0 Å². The third-order valence-electron chi connectivity index (χ3n) is 7.58. The summed E-state index contributed by atoms with van der Waals surface area (Å²) in [6.07, 6.45) is 5.00. The summed E-state index contributed by atoms with van der Waals surface area (Å²) in [5.74, 6) is 0.583. The van der Waals surface area contributed by atoms with Crippen LogP contribution in [0.3, 0.4) is 0 Å². The topological polar surface area (TPSA) is 51.2 Å². The lowest BCUT2D eigenvalue weighted by atomic mass is 9.71. The fraction of sp³-hybridized carbons (Fsp3) is 0.516. The Hall–Kier alpha value is -2.55. The van der Waals surface area contributed by atoms with Crippen LogP contribution in [0.15, 0.2) is 30.3 Å². The highest BCUT2D eigenvalue weighted by molar-refractivity contribution is 6.02. The maximum absolute atomic E-state index is 13.4. The van der Waals surface area contributed by atoms with Gasteiger partial charge in [0.2, 0.25) is 0 Å². The van der Waals surface area contributed by atoms with E-state index in [-0.39, 0.29) is 41.5 Å². The largest absolute Gasteiger partial charge is 0.300 e. The van der Waals surface area contributed by atoms with Gasteiger partial charge in [0.25, 0.3) is 0 Å². The standard InChI is InChI=1S/C31H40O3/c1-7-9-24(25(8-2)29(33)15-22(6)32)16-23-17-28-27(26-12-10-19(3)14-21(26)5)13-11-20(4)31(28)30(34)18-23/h10-14,23-25H,7-9,15-18H2,1-6H3. The molecule has 0 heterocycles. The summed E-state index contributed by atoms with van der Waals surface area (Å²) in [6.45, 7) is 12.0. The second kappa shape index (κ2) is 11.3. The van der Waals surface area contributed by atoms with Gasteiger partial charge in [-0.05, 0) is 86.6 Å². The van der Waals surface area contributed by atoms with Gasteiger partial charge >= 0.3 is 0 Å². The Morgan fingerprint density at radius 1 is 0.971 bits per heavy atom. The predicted octanol–water partition coefficient (Wildman–Crippen LogP) is 7.40. The zero-order valence-electron chi connectivity index (χ0n) is 21.8. The quantitative estimate of drug-likeness (QED) is 0.347. The molecule has 3 atom stereocenters. The van der Waals surface area contributed by atoms with Crippen LogP contribution in [0.2, 0.25) is 0 Å². The normalized spacial score (nSPS) is 17.2. The Bertz CT molecular complexity index is 1080. The Morgan fingerprint density at radius 3 is 2.29 bits per heavy atom. The number of carbonyl (C=O) groups is 3. The van der Waals surface area contributed by atoms with Gasteiger partial charge in [0.05, 0.1) is 6.42 Å². The third kappa shape index (κ3) is 5.74. The van der Waals surface area contributed by atoms with Crippen LogP contribution in [-0.2, 0) is 16.0 Å². The van der Waals surface area contributed by atoms with Crippen molar-refractivity contribution >= 4 is 17.3 Å². The summed E-state index contributed by atoms with van der Waals surface area (Å²) in [6, 6.07) is 10.8. The molecule has 0 saturated carbocycles. The van der Waals surface area contributed by atoms with Crippen molar-refractivity contribution in [1.29, 1.82) is 0 Å². The molecular formula is C31H40O3. The second-order valence-corrected chi connectivity index (χ2v) is 10.4. The van der Waals surface area contributed by atoms with E-state index in [0.29, 0.717) is 6.42 Å². The molecule has 182 valence electrons. The SMILES string of the molecule is CCCC(CC1CC(=O)c2c(C)ccc(-c3ccc(C)cc3C)c2C1)C(CC)C(=O)CC(C)=O. The van der Waals surface area contributed by atoms with Crippen molar-refractivity contribution in [3.8, 4) is 11.1 Å². The van der Waals surface area contributed by atoms with Gasteiger partial charge in [0.1, 0.15) is 11.6 Å². The van der Waals surface area contributed by atoms with E-state index in [1.807, 2.05) is 13.8 Å². The number of carbonyl (C=O) groups excluding carboxylic acids is 3. The van der Waals surface area contributed by atoms with Crippen molar-refractivity contribution in [2.24, 2.45) is 17.8 Å². The molecule has 3 rings (SSSR count). The number of rotatable bonds is 10. The predicted molar refractivity (Wildman–Crippen MR) is 139 cm³/mol. The van der Waals surface area contributed by atoms with Gasteiger partial charge < -0.3 is 0 Å². The lowest BCUT2D eigenvalue weighted by molar-refractivity contribution is -0.129. The van der Waals surface area contributed by atoms with Crippen molar-refractivity contribution in [3.05, 3.63) is 58.1 Å². The average molecular weight is 461 g/mol. The highest BCUT2D eigenvalue weighted by atomic mass is 16.1. The van der Waals surface area contributed by atoms with Gasteiger partial charge in [-0.1, -0.05) is 62.6 Å². The molecular weight excluding hydrogens is 420 g/mol. The molecule has 3 nitrogen and oxygen atoms in total. The number of hydrogen-bond donors (Lipinski definition) is 0. The molecule has 0 fully saturated rings. The first-order chi connectivity index (χ1) is 16.2. The van der Waals surface area contributed by atoms with Gasteiger partial charge in [0.15, 0.2) is 5.78 Å². The van der Waals surface area contributed by atoms with Gasteiger partial charge in [-0.15, -0.1) is 0 Å². The summed E-state index contributed by atoms with van der Waals surface area (Å²) < 4.78 is 0. The summed E-state index contributed by atoms with van der Waals surface area (Å²) in [5.41, 5.74) is 7.96. The number of fused-ring (bicyclic) bond motifs is 1. The molecule has 34 heavy (non-hydrogen) atoms. The minimum atomic E-state index is -0.100. The van der Waals surface area contributed by atoms with Gasteiger partial charge in [0, 0.05) is 17.9 Å². The molecule has 0 aliphatic heterocycles. The van der Waals surface area contributed by atoms with Crippen molar-refractivity contribution in [3.63, 3.8) is 0 Å². The first kappa shape index (κ1) is 26.1. The van der Waals surface area contributed by atoms with Crippen LogP contribution in [0.5, 0.6) is 0 Å². The molecule has 0 radical (unpaired) electrons. The minimum absolute atomic E-state index is 0.0290. The molecule has 0 amide bonds. The van der Waals surface area contributed by atoms with E-state index in [1.54, 1.807) is 0 Å². The molecule has 0 spiro atoms. The van der Waals surface area contributed by atoms with Crippen LogP contribution < -0.4 is 0 Å². The molecule has 0 saturated heterocycles. The first-order valence-corrected chi connectivity index (χ1v) is 12.9. The number of Topliss-reactive ketones (excluding diaryl/α,β-unsaturated/α-hetero) is 3. The monoisotopic (exact) mass is 460 g/mol. The summed E-state index contributed by atoms with van der Waals surface area (Å²) >= 11 is 0. The van der Waals surface area contributed by atoms with E-state index in [0.717, 1.165) is 43.2 Å². The van der Waals surface area contributed by atoms with Crippen LogP contribution in [0, 0.1) is 38.5 Å². The number of ketones is 3. The Balaban J connectivity index is 1.95. The smallest absolute Gasteiger partial charge is 0.163 e. The first-order valence-electron chi connectivity index (χ1n) is 12.9. The molecule has 0 aromatic heterocycles. The van der Waals surface area contributed by atoms with Crippen LogP contribution in [-0.4, -0.2) is 17.3 Å². The highest BCUT2D eigenvalue weighted by Gasteiger charge is 2.34. The zero-order chi connectivity index (χ0) is 25.0. The minimum Gasteiger partial charge on any atom is -0.300 e. The summed E-state index contributed by atoms with van der Waals surface area (Å²) in [5, 5.41) is 0. The lowest BCUT2D eigenvalue weighted by Crippen LogP contribution is -2.30. The maximum atomic E-state index is 13.4. The summed E-state index contributed by atoms with van der Waals surface area (Å²) in [4.78, 5) is 37.9. The third-order valence-corrected chi connectivity index (χ3v) is 7.58. The molecule has 0 N–H and O–H groups in total. The summed E-state index contributed by atoms with van der Waals surface area (Å²) in [7, 11) is 0. The van der Waals surface area contributed by atoms with E-state index in [9.17, 15) is 14.4 Å². The Morgan fingerprint density at radius 2 is 1.68 bits per heavy atom. The van der Waals surface area contributed by atoms with Crippen LogP contribution in [0.25, 0.3) is 11.1 Å². The number of hydrogen-bond acceptors (Lipinski definition) is 3. The van der Waals surface area contributed by atoms with Crippen molar-refractivity contribution in [1.82, 2.24) is 0 Å². The van der Waals surface area contributed by atoms with Gasteiger partial charge in [-0.2, -0.15) is 0 Å². The highest BCUT2D eigenvalue weighted by Crippen LogP contribution is 2.40. The van der Waals surface area contributed by atoms with E-state index >= 15 is 0 Å². The average Bonchev–Trinajstić information content (AvgIpc) is 2.74. The van der Waals surface area contributed by atoms with Crippen molar-refractivity contribution < 1.29 is 14.4 Å². The molecule has 2 aromatic rings. The van der Waals surface area contributed by atoms with Crippen LogP contribution in [0.4, 0.5) is 0 Å². The molecule has 2 aromatic carbocycles. The lowest BCUT2D eigenvalue weighted by Gasteiger charge is -2.32. The van der Waals surface area contributed by atoms with E-state index in [2.05, 4.69) is 51.1 Å². The van der Waals surface area contributed by atoms with E-state index < -0.39 is 0 Å². The van der Waals surface area contributed by atoms with Gasteiger partial charge in [-0.25, -0.2) is 0 Å². The fourth-order valence-corrected chi connectivity index (χ4v) is 6.11. The molecule has 3 unspecified atom stereocenters. The Labute approximate surface area is 205 Å². The van der Waals surface area contributed by atoms with Crippen LogP contribution in [0.1, 0.15) is 91.9 Å². The van der Waals surface area contributed by atoms with E-state index in [4.69, 9.17) is 0 Å². The number of benzene rings is 2. The maximum Gasteiger partial charge on any atom is 0.163 e. The Kier molecular flexibility index (Phi) is 8.62. The number of aryl methyl sites for hydroxylation is 3. The molecule has 1 aliphatic carbocycles. The molecule has 1 aliphatic rings. The second-order valence-electron chi connectivity index (χ2n) is 10.4. The molecule has 3 heteroatoms. The molecule has 0 bridgehead atoms. The van der Waals surface area contributed by atoms with E-state index in [1.165, 1.54) is 34.7 Å². The van der Waals surface area contributed by atoms with Crippen molar-refractivity contribution in [2.75, 3.05) is 0 Å². The fourth-order valence-electron chi connectivity index (χ4n) is 6.11. The van der Waals surface area contributed by atoms with Crippen molar-refractivity contribution in [2.45, 2.75) is 86.5 Å². The van der Waals surface area contributed by atoms with Gasteiger partial charge in [-0.3, -0.25) is 14.4 Å².